The molecule has 74 valence electrons. The molecular formula is C9H6F3NS. The predicted octanol–water partition coefficient (Wildman–Crippen LogP) is 2.38. The van der Waals surface area contributed by atoms with E-state index in [1.165, 1.54) is 6.07 Å². The quantitative estimate of drug-likeness (QED) is 0.520. The minimum atomic E-state index is -4.42. The Morgan fingerprint density at radius 1 is 1.43 bits per heavy atom. The van der Waals surface area contributed by atoms with Gasteiger partial charge in [0.25, 0.3) is 0 Å². The van der Waals surface area contributed by atoms with E-state index >= 15 is 0 Å². The first-order valence-corrected chi connectivity index (χ1v) is 4.30. The van der Waals surface area contributed by atoms with Crippen molar-refractivity contribution in [1.29, 1.82) is 0 Å². The van der Waals surface area contributed by atoms with Crippen molar-refractivity contribution in [3.8, 4) is 11.8 Å². The largest absolute Gasteiger partial charge is 0.433 e. The highest BCUT2D eigenvalue weighted by atomic mass is 32.1. The number of aromatic nitrogens is 1. The van der Waals surface area contributed by atoms with E-state index in [0.717, 1.165) is 12.3 Å². The summed E-state index contributed by atoms with van der Waals surface area (Å²) in [5.74, 6) is 5.41. The van der Waals surface area contributed by atoms with Crippen LogP contribution in [-0.4, -0.2) is 10.7 Å². The molecule has 0 bridgehead atoms. The Morgan fingerprint density at radius 2 is 2.14 bits per heavy atom. The molecule has 1 heterocycles. The Labute approximate surface area is 84.8 Å². The third kappa shape index (κ3) is 2.96. The molecule has 0 fully saturated rings. The van der Waals surface area contributed by atoms with Gasteiger partial charge in [-0.15, -0.1) is 0 Å². The molecule has 5 heteroatoms. The third-order valence-electron chi connectivity index (χ3n) is 1.36. The molecule has 0 aliphatic rings. The molecule has 0 aliphatic heterocycles. The standard InChI is InChI=1S/C9H6F3NS/c10-9(11,12)8-6-7(2-1-5-14)3-4-13-8/h3-4,6,14H,5H2. The van der Waals surface area contributed by atoms with Crippen LogP contribution >= 0.6 is 12.6 Å². The second kappa shape index (κ2) is 4.38. The molecule has 1 aromatic heterocycles. The Balaban J connectivity index is 3.02. The number of pyridine rings is 1. The second-order valence-electron chi connectivity index (χ2n) is 2.39. The van der Waals surface area contributed by atoms with Gasteiger partial charge in [-0.1, -0.05) is 11.8 Å². The zero-order valence-corrected chi connectivity index (χ0v) is 7.86. The molecule has 0 atom stereocenters. The van der Waals surface area contributed by atoms with Gasteiger partial charge in [0.15, 0.2) is 0 Å². The van der Waals surface area contributed by atoms with Crippen molar-refractivity contribution < 1.29 is 13.2 Å². The topological polar surface area (TPSA) is 12.9 Å². The van der Waals surface area contributed by atoms with Gasteiger partial charge in [0, 0.05) is 11.8 Å². The van der Waals surface area contributed by atoms with Gasteiger partial charge in [-0.25, -0.2) is 0 Å². The number of alkyl halides is 3. The Bertz CT molecular complexity index is 376. The summed E-state index contributed by atoms with van der Waals surface area (Å²) in [5.41, 5.74) is -0.634. The lowest BCUT2D eigenvalue weighted by Crippen LogP contribution is -2.07. The molecule has 1 nitrogen and oxygen atoms in total. The Morgan fingerprint density at radius 3 is 2.71 bits per heavy atom. The maximum atomic E-state index is 12.2. The zero-order valence-electron chi connectivity index (χ0n) is 6.97. The first kappa shape index (κ1) is 10.9. The van der Waals surface area contributed by atoms with Crippen LogP contribution in [0.3, 0.4) is 0 Å². The van der Waals surface area contributed by atoms with Gasteiger partial charge in [0.2, 0.25) is 0 Å². The molecule has 1 rings (SSSR count). The normalized spacial score (nSPS) is 10.6. The molecule has 0 unspecified atom stereocenters. The zero-order chi connectivity index (χ0) is 10.6. The lowest BCUT2D eigenvalue weighted by atomic mass is 10.2. The maximum absolute atomic E-state index is 12.2. The molecule has 0 N–H and O–H groups in total. The molecule has 1 aromatic rings. The molecule has 0 saturated heterocycles. The number of hydrogen-bond acceptors (Lipinski definition) is 2. The molecular weight excluding hydrogens is 211 g/mol. The van der Waals surface area contributed by atoms with Crippen molar-refractivity contribution in [3.63, 3.8) is 0 Å². The van der Waals surface area contributed by atoms with Crippen molar-refractivity contribution in [1.82, 2.24) is 4.98 Å². The van der Waals surface area contributed by atoms with E-state index in [0.29, 0.717) is 11.3 Å². The fraction of sp³-hybridized carbons (Fsp3) is 0.222. The first-order valence-electron chi connectivity index (χ1n) is 3.67. The summed E-state index contributed by atoms with van der Waals surface area (Å²) in [6.07, 6.45) is -3.33. The average molecular weight is 217 g/mol. The van der Waals surface area contributed by atoms with Crippen molar-refractivity contribution in [3.05, 3.63) is 29.6 Å². The SMILES string of the molecule is FC(F)(F)c1cc(C#CCS)ccn1. The van der Waals surface area contributed by atoms with Gasteiger partial charge in [-0.3, -0.25) is 4.98 Å². The lowest BCUT2D eigenvalue weighted by Gasteiger charge is -2.04. The number of rotatable bonds is 0. The molecule has 14 heavy (non-hydrogen) atoms. The van der Waals surface area contributed by atoms with Crippen LogP contribution in [0, 0.1) is 11.8 Å². The van der Waals surface area contributed by atoms with Gasteiger partial charge in [-0.2, -0.15) is 25.8 Å². The highest BCUT2D eigenvalue weighted by Crippen LogP contribution is 2.27. The van der Waals surface area contributed by atoms with Crippen LogP contribution < -0.4 is 0 Å². The Kier molecular flexibility index (Phi) is 3.42. The van der Waals surface area contributed by atoms with Crippen LogP contribution in [-0.2, 0) is 6.18 Å². The van der Waals surface area contributed by atoms with Crippen molar-refractivity contribution >= 4 is 12.6 Å². The summed E-state index contributed by atoms with van der Waals surface area (Å²) < 4.78 is 36.5. The average Bonchev–Trinajstić information content (AvgIpc) is 2.14. The number of nitrogens with zero attached hydrogens (tertiary/aromatic N) is 1. The van der Waals surface area contributed by atoms with E-state index in [9.17, 15) is 13.2 Å². The summed E-state index contributed by atoms with van der Waals surface area (Å²) in [6.45, 7) is 0. The highest BCUT2D eigenvalue weighted by molar-refractivity contribution is 7.80. The molecule has 0 radical (unpaired) electrons. The van der Waals surface area contributed by atoms with Gasteiger partial charge in [0.1, 0.15) is 5.69 Å². The lowest BCUT2D eigenvalue weighted by molar-refractivity contribution is -0.141. The minimum absolute atomic E-state index is 0.293. The summed E-state index contributed by atoms with van der Waals surface area (Å²) in [4.78, 5) is 3.21. The second-order valence-corrected chi connectivity index (χ2v) is 2.70. The number of hydrogen-bond donors (Lipinski definition) is 1. The van der Waals surface area contributed by atoms with Crippen LogP contribution in [0.5, 0.6) is 0 Å². The predicted molar refractivity (Wildman–Crippen MR) is 50.0 cm³/mol. The van der Waals surface area contributed by atoms with E-state index in [1.54, 1.807) is 0 Å². The smallest absolute Gasteiger partial charge is 0.252 e. The molecule has 0 saturated carbocycles. The Hall–Kier alpha value is -1.15. The van der Waals surface area contributed by atoms with E-state index in [2.05, 4.69) is 29.5 Å². The summed E-state index contributed by atoms with van der Waals surface area (Å²) in [5, 5.41) is 0. The number of thiol groups is 1. The molecule has 0 spiro atoms. The van der Waals surface area contributed by atoms with Gasteiger partial charge >= 0.3 is 6.18 Å². The molecule has 0 aromatic carbocycles. The fourth-order valence-electron chi connectivity index (χ4n) is 0.805. The van der Waals surface area contributed by atoms with Gasteiger partial charge in [0.05, 0.1) is 5.75 Å². The molecule has 0 amide bonds. The summed E-state index contributed by atoms with van der Waals surface area (Å²) in [7, 11) is 0. The van der Waals surface area contributed by atoms with E-state index in [-0.39, 0.29) is 0 Å². The van der Waals surface area contributed by atoms with E-state index in [4.69, 9.17) is 0 Å². The summed E-state index contributed by atoms with van der Waals surface area (Å²) >= 11 is 3.82. The van der Waals surface area contributed by atoms with Crippen molar-refractivity contribution in [2.75, 3.05) is 5.75 Å². The molecule has 0 aliphatic carbocycles. The van der Waals surface area contributed by atoms with Crippen LogP contribution in [0.4, 0.5) is 13.2 Å². The van der Waals surface area contributed by atoms with Crippen LogP contribution in [0.25, 0.3) is 0 Å². The summed E-state index contributed by atoms with van der Waals surface area (Å²) in [6, 6.07) is 2.34. The first-order chi connectivity index (χ1) is 6.54. The third-order valence-corrected chi connectivity index (χ3v) is 1.52. The minimum Gasteiger partial charge on any atom is -0.252 e. The fourth-order valence-corrected chi connectivity index (χ4v) is 0.884. The highest BCUT2D eigenvalue weighted by Gasteiger charge is 2.32. The van der Waals surface area contributed by atoms with E-state index in [1.807, 2.05) is 0 Å². The van der Waals surface area contributed by atoms with Crippen LogP contribution in [0.15, 0.2) is 18.3 Å². The van der Waals surface area contributed by atoms with Crippen molar-refractivity contribution in [2.45, 2.75) is 6.18 Å². The monoisotopic (exact) mass is 217 g/mol. The maximum Gasteiger partial charge on any atom is 0.433 e. The van der Waals surface area contributed by atoms with Crippen LogP contribution in [0.1, 0.15) is 11.3 Å². The van der Waals surface area contributed by atoms with Crippen molar-refractivity contribution in [2.24, 2.45) is 0 Å². The number of halogens is 3. The van der Waals surface area contributed by atoms with Gasteiger partial charge < -0.3 is 0 Å². The van der Waals surface area contributed by atoms with Gasteiger partial charge in [-0.05, 0) is 12.1 Å². The van der Waals surface area contributed by atoms with E-state index < -0.39 is 11.9 Å². The van der Waals surface area contributed by atoms with Crippen LogP contribution in [0.2, 0.25) is 0 Å².